The fourth-order valence-corrected chi connectivity index (χ4v) is 6.16. The molecule has 3 N–H and O–H groups in total. The zero-order chi connectivity index (χ0) is 39.3. The van der Waals surface area contributed by atoms with E-state index in [0.29, 0.717) is 10.6 Å². The summed E-state index contributed by atoms with van der Waals surface area (Å²) in [5, 5.41) is 8.09. The fourth-order valence-electron chi connectivity index (χ4n) is 4.71. The number of aromatic nitrogens is 1. The zero-order valence-corrected chi connectivity index (χ0v) is 29.8. The molecule has 0 spiro atoms. The minimum atomic E-state index is -4.60. The maximum absolute atomic E-state index is 13.4. The smallest absolute Gasteiger partial charge is 0.406 e. The third-order valence-electron chi connectivity index (χ3n) is 7.34. The van der Waals surface area contributed by atoms with Crippen LogP contribution in [0.15, 0.2) is 66.7 Å². The molecule has 0 bridgehead atoms. The second-order valence-electron chi connectivity index (χ2n) is 11.1. The van der Waals surface area contributed by atoms with Crippen LogP contribution in [-0.4, -0.2) is 81.4 Å². The van der Waals surface area contributed by atoms with Crippen molar-refractivity contribution in [1.82, 2.24) is 15.2 Å². The van der Waals surface area contributed by atoms with E-state index in [1.54, 1.807) is 43.3 Å². The Morgan fingerprint density at radius 3 is 2.13 bits per heavy atom. The number of nitrogens with two attached hydrogens (primary N) is 1. The van der Waals surface area contributed by atoms with Gasteiger partial charge in [-0.1, -0.05) is 37.3 Å². The molecule has 1 fully saturated rings. The van der Waals surface area contributed by atoms with Gasteiger partial charge in [0.15, 0.2) is 0 Å². The van der Waals surface area contributed by atoms with Gasteiger partial charge in [0.2, 0.25) is 15.9 Å². The molecule has 5 rings (SSSR count). The molecule has 2 heterocycles. The van der Waals surface area contributed by atoms with Gasteiger partial charge in [0.05, 0.1) is 28.4 Å². The van der Waals surface area contributed by atoms with Crippen LogP contribution < -0.4 is 15.2 Å². The third-order valence-corrected chi connectivity index (χ3v) is 9.32. The first-order chi connectivity index (χ1) is 24.4. The van der Waals surface area contributed by atoms with Crippen molar-refractivity contribution in [2.45, 2.75) is 44.9 Å². The number of rotatable bonds is 9. The van der Waals surface area contributed by atoms with Gasteiger partial charge in [0, 0.05) is 25.1 Å². The Balaban J connectivity index is 0.000000461. The number of sulfonamides is 1. The predicted molar refractivity (Wildman–Crippen MR) is 187 cm³/mol. The standard InChI is InChI=1S/C23H24F2N4O4S2.C9H9F3O.2CH2O/c1-14(20(30)27-9-11-35(26,32)33)21-28-18-7-6-17(12-19(18)34-21)15-2-4-16(5-3-15)22(31)29-10-8-23(24,25)13-29;1-2-7-3-5-8(6-4-7)13-9(10,11)12;2*1-2/h2-7,12,14H,8-11,13H2,1H3,(H,27,30)(H2,26,32,33);3-6H,2H2,1H3;2*1H2. The fraction of sp³-hybridized carbons (Fsp3) is 0.324. The highest BCUT2D eigenvalue weighted by molar-refractivity contribution is 7.89. The lowest BCUT2D eigenvalue weighted by molar-refractivity contribution is -0.274. The average Bonchev–Trinajstić information content (AvgIpc) is 3.71. The summed E-state index contributed by atoms with van der Waals surface area (Å²) >= 11 is 1.36. The Labute approximate surface area is 301 Å². The topological polar surface area (TPSA) is 166 Å². The number of carbonyl (C=O) groups is 4. The SMILES string of the molecule is C=O.C=O.CC(C(=O)NCCS(N)(=O)=O)c1nc2ccc(-c3ccc(C(=O)N4CCC(F)(F)C4)cc3)cc2s1.CCc1ccc(OC(F)(F)F)cc1. The van der Waals surface area contributed by atoms with Crippen LogP contribution in [-0.2, 0) is 30.8 Å². The van der Waals surface area contributed by atoms with Crippen LogP contribution in [0.5, 0.6) is 5.75 Å². The molecule has 1 saturated heterocycles. The number of benzene rings is 3. The highest BCUT2D eigenvalue weighted by Gasteiger charge is 2.40. The number of thiazole rings is 1. The lowest BCUT2D eigenvalue weighted by atomic mass is 10.0. The number of aryl methyl sites for hydroxylation is 1. The molecular weight excluding hydrogens is 736 g/mol. The Hall–Kier alpha value is -4.81. The van der Waals surface area contributed by atoms with Crippen molar-refractivity contribution in [3.05, 3.63) is 82.9 Å². The molecule has 1 atom stereocenters. The van der Waals surface area contributed by atoms with E-state index >= 15 is 0 Å². The van der Waals surface area contributed by atoms with Crippen molar-refractivity contribution in [1.29, 1.82) is 0 Å². The first-order valence-electron chi connectivity index (χ1n) is 15.3. The van der Waals surface area contributed by atoms with E-state index in [9.17, 15) is 40.0 Å². The van der Waals surface area contributed by atoms with Gasteiger partial charge in [-0.25, -0.2) is 27.3 Å². The maximum Gasteiger partial charge on any atom is 0.573 e. The molecule has 0 saturated carbocycles. The van der Waals surface area contributed by atoms with E-state index < -0.39 is 40.7 Å². The first kappa shape index (κ1) is 43.4. The van der Waals surface area contributed by atoms with Gasteiger partial charge in [-0.05, 0) is 66.4 Å². The van der Waals surface area contributed by atoms with Gasteiger partial charge in [0.25, 0.3) is 11.8 Å². The summed E-state index contributed by atoms with van der Waals surface area (Å²) in [6, 6.07) is 18.3. The van der Waals surface area contributed by atoms with Crippen molar-refractivity contribution in [2.24, 2.45) is 5.14 Å². The molecule has 2 amide bonds. The summed E-state index contributed by atoms with van der Waals surface area (Å²) in [7, 11) is -3.66. The van der Waals surface area contributed by atoms with Crippen molar-refractivity contribution in [3.63, 3.8) is 0 Å². The van der Waals surface area contributed by atoms with Crippen molar-refractivity contribution in [3.8, 4) is 16.9 Å². The number of hydrogen-bond donors (Lipinski definition) is 2. The second kappa shape index (κ2) is 19.1. The van der Waals surface area contributed by atoms with Crippen LogP contribution in [0.1, 0.15) is 47.1 Å². The highest BCUT2D eigenvalue weighted by Crippen LogP contribution is 2.32. The largest absolute Gasteiger partial charge is 0.573 e. The maximum atomic E-state index is 13.4. The lowest BCUT2D eigenvalue weighted by Crippen LogP contribution is -2.33. The van der Waals surface area contributed by atoms with E-state index in [2.05, 4.69) is 15.0 Å². The molecule has 1 aliphatic heterocycles. The predicted octanol–water partition coefficient (Wildman–Crippen LogP) is 5.73. The quantitative estimate of drug-likeness (QED) is 0.204. The molecule has 4 aromatic rings. The number of fused-ring (bicyclic) bond motifs is 1. The van der Waals surface area contributed by atoms with Gasteiger partial charge >= 0.3 is 6.36 Å². The van der Waals surface area contributed by atoms with Crippen LogP contribution in [0.2, 0.25) is 0 Å². The number of nitrogens with zero attached hydrogens (tertiary/aromatic N) is 2. The summed E-state index contributed by atoms with van der Waals surface area (Å²) in [6.45, 7) is 7.04. The van der Waals surface area contributed by atoms with E-state index in [4.69, 9.17) is 14.7 Å². The van der Waals surface area contributed by atoms with Gasteiger partial charge in [-0.2, -0.15) is 0 Å². The number of amides is 2. The summed E-state index contributed by atoms with van der Waals surface area (Å²) in [5.41, 5.74) is 3.78. The van der Waals surface area contributed by atoms with Gasteiger partial charge in [0.1, 0.15) is 24.3 Å². The van der Waals surface area contributed by atoms with Gasteiger partial charge in [-0.3, -0.25) is 9.59 Å². The highest BCUT2D eigenvalue weighted by atomic mass is 32.2. The molecule has 0 radical (unpaired) electrons. The number of likely N-dealkylation sites (tertiary alicyclic amines) is 1. The van der Waals surface area contributed by atoms with E-state index in [1.807, 2.05) is 38.7 Å². The molecule has 282 valence electrons. The molecule has 1 aliphatic rings. The van der Waals surface area contributed by atoms with Crippen LogP contribution in [0, 0.1) is 0 Å². The molecule has 52 heavy (non-hydrogen) atoms. The Morgan fingerprint density at radius 1 is 1.02 bits per heavy atom. The normalized spacial score (nSPS) is 14.0. The van der Waals surface area contributed by atoms with Crippen molar-refractivity contribution in [2.75, 3.05) is 25.4 Å². The molecular formula is C34H37F5N4O7S2. The average molecular weight is 773 g/mol. The van der Waals surface area contributed by atoms with E-state index in [-0.39, 0.29) is 36.9 Å². The number of primary sulfonamides is 1. The monoisotopic (exact) mass is 772 g/mol. The van der Waals surface area contributed by atoms with E-state index in [0.717, 1.165) is 33.3 Å². The second-order valence-corrected chi connectivity index (χ2v) is 13.9. The molecule has 1 aromatic heterocycles. The number of halogens is 5. The van der Waals surface area contributed by atoms with Crippen molar-refractivity contribution < 1.29 is 54.3 Å². The Morgan fingerprint density at radius 2 is 1.62 bits per heavy atom. The van der Waals surface area contributed by atoms with E-state index in [1.165, 1.54) is 28.4 Å². The molecule has 18 heteroatoms. The summed E-state index contributed by atoms with van der Waals surface area (Å²) in [5.74, 6) is -4.67. The van der Waals surface area contributed by atoms with Gasteiger partial charge in [-0.15, -0.1) is 24.5 Å². The zero-order valence-electron chi connectivity index (χ0n) is 28.1. The summed E-state index contributed by atoms with van der Waals surface area (Å²) in [6.07, 6.45) is -4.12. The molecule has 0 aliphatic carbocycles. The minimum absolute atomic E-state index is 0.0422. The van der Waals surface area contributed by atoms with Gasteiger partial charge < -0.3 is 24.5 Å². The van der Waals surface area contributed by atoms with Crippen LogP contribution in [0.3, 0.4) is 0 Å². The van der Waals surface area contributed by atoms with Crippen molar-refractivity contribution >= 4 is 57.0 Å². The first-order valence-corrected chi connectivity index (χ1v) is 17.8. The number of ether oxygens (including phenoxy) is 1. The Kier molecular flexibility index (Phi) is 16.0. The van der Waals surface area contributed by atoms with Crippen LogP contribution in [0.4, 0.5) is 22.0 Å². The third kappa shape index (κ3) is 13.4. The van der Waals surface area contributed by atoms with Crippen LogP contribution >= 0.6 is 11.3 Å². The molecule has 3 aromatic carbocycles. The molecule has 1 unspecified atom stereocenters. The van der Waals surface area contributed by atoms with Crippen LogP contribution in [0.25, 0.3) is 21.3 Å². The Bertz CT molecular complexity index is 1890. The summed E-state index contributed by atoms with van der Waals surface area (Å²) < 4.78 is 88.6. The summed E-state index contributed by atoms with van der Waals surface area (Å²) in [4.78, 5) is 46.6. The number of carbonyl (C=O) groups excluding carboxylic acids is 4. The molecule has 11 nitrogen and oxygen atoms in total. The lowest BCUT2D eigenvalue weighted by Gasteiger charge is -2.16. The number of hydrogen-bond acceptors (Lipinski definition) is 9. The number of alkyl halides is 5. The number of nitrogens with one attached hydrogen (secondary N) is 1. The minimum Gasteiger partial charge on any atom is -0.406 e.